The van der Waals surface area contributed by atoms with Gasteiger partial charge in [-0.1, -0.05) is 29.8 Å². The summed E-state index contributed by atoms with van der Waals surface area (Å²) in [6.45, 7) is 0. The lowest BCUT2D eigenvalue weighted by Gasteiger charge is -2.10. The first-order valence-electron chi connectivity index (χ1n) is 5.89. The van der Waals surface area contributed by atoms with Gasteiger partial charge in [-0.25, -0.2) is 0 Å². The van der Waals surface area contributed by atoms with Gasteiger partial charge in [-0.2, -0.15) is 0 Å². The van der Waals surface area contributed by atoms with Gasteiger partial charge in [0.2, 0.25) is 0 Å². The molecule has 1 aromatic carbocycles. The zero-order valence-corrected chi connectivity index (χ0v) is 12.8. The third-order valence-electron chi connectivity index (χ3n) is 3.37. The molecule has 0 aliphatic heterocycles. The van der Waals surface area contributed by atoms with Gasteiger partial charge in [-0.3, -0.25) is 0 Å². The molecule has 0 saturated carbocycles. The van der Waals surface area contributed by atoms with E-state index in [2.05, 4.69) is 28.1 Å². The highest BCUT2D eigenvalue weighted by molar-refractivity contribution is 9.10. The van der Waals surface area contributed by atoms with Crippen LogP contribution in [0, 0.1) is 0 Å². The number of rotatable bonds is 2. The Kier molecular flexibility index (Phi) is 3.50. The van der Waals surface area contributed by atoms with Gasteiger partial charge in [0, 0.05) is 9.35 Å². The van der Waals surface area contributed by atoms with Crippen LogP contribution < -0.4 is 0 Å². The summed E-state index contributed by atoms with van der Waals surface area (Å²) >= 11 is 10.8. The fraction of sp³-hybridized carbons (Fsp3) is 0.286. The van der Waals surface area contributed by atoms with Gasteiger partial charge in [-0.15, -0.1) is 11.3 Å². The number of hydrogen-bond acceptors (Lipinski definition) is 2. The average Bonchev–Trinajstić information content (AvgIpc) is 2.95. The summed E-state index contributed by atoms with van der Waals surface area (Å²) in [7, 11) is 0. The Labute approximate surface area is 124 Å². The molecular weight excluding hydrogens is 332 g/mol. The second-order valence-electron chi connectivity index (χ2n) is 4.55. The fourth-order valence-corrected chi connectivity index (χ4v) is 4.17. The molecule has 0 saturated heterocycles. The zero-order valence-electron chi connectivity index (χ0n) is 9.62. The Balaban J connectivity index is 1.94. The third kappa shape index (κ3) is 2.25. The van der Waals surface area contributed by atoms with E-state index in [-0.39, 0.29) is 0 Å². The first-order chi connectivity index (χ1) is 8.65. The number of aryl methyl sites for hydroxylation is 2. The number of benzene rings is 1. The Morgan fingerprint density at radius 3 is 2.72 bits per heavy atom. The monoisotopic (exact) mass is 342 g/mol. The molecule has 3 rings (SSSR count). The largest absolute Gasteiger partial charge is 0.383 e. The fourth-order valence-electron chi connectivity index (χ4n) is 2.42. The van der Waals surface area contributed by atoms with Gasteiger partial charge < -0.3 is 5.11 Å². The van der Waals surface area contributed by atoms with Gasteiger partial charge in [0.05, 0.1) is 0 Å². The van der Waals surface area contributed by atoms with E-state index in [4.69, 9.17) is 11.6 Å². The van der Waals surface area contributed by atoms with Crippen LogP contribution in [0.4, 0.5) is 0 Å². The van der Waals surface area contributed by atoms with Crippen molar-refractivity contribution >= 4 is 38.9 Å². The van der Waals surface area contributed by atoms with E-state index >= 15 is 0 Å². The molecule has 1 aliphatic rings. The van der Waals surface area contributed by atoms with Crippen molar-refractivity contribution in [2.75, 3.05) is 0 Å². The maximum Gasteiger partial charge on any atom is 0.113 e. The standard InChI is InChI=1S/C14H12BrClOS/c15-11-7-12(18-14(11)16)13(17)10-5-4-8-2-1-3-9(8)6-10/h4-7,13,17H,1-3H2. The second-order valence-corrected chi connectivity index (χ2v) is 7.09. The van der Waals surface area contributed by atoms with Crippen LogP contribution in [0.3, 0.4) is 0 Å². The Hall–Kier alpha value is -0.350. The van der Waals surface area contributed by atoms with Crippen molar-refractivity contribution in [3.8, 4) is 0 Å². The minimum absolute atomic E-state index is 0.579. The van der Waals surface area contributed by atoms with E-state index in [1.165, 1.54) is 35.3 Å². The van der Waals surface area contributed by atoms with E-state index in [0.717, 1.165) is 21.3 Å². The van der Waals surface area contributed by atoms with Crippen molar-refractivity contribution in [2.45, 2.75) is 25.4 Å². The predicted molar refractivity (Wildman–Crippen MR) is 79.6 cm³/mol. The van der Waals surface area contributed by atoms with E-state index in [1.807, 2.05) is 12.1 Å². The van der Waals surface area contributed by atoms with Crippen LogP contribution in [0.1, 0.15) is 34.1 Å². The number of fused-ring (bicyclic) bond motifs is 1. The molecule has 1 nitrogen and oxygen atoms in total. The highest BCUT2D eigenvalue weighted by atomic mass is 79.9. The summed E-state index contributed by atoms with van der Waals surface area (Å²) in [4.78, 5) is 0.879. The zero-order chi connectivity index (χ0) is 12.7. The molecule has 1 heterocycles. The molecule has 1 aliphatic carbocycles. The van der Waals surface area contributed by atoms with Crippen molar-refractivity contribution < 1.29 is 5.11 Å². The molecule has 1 aromatic heterocycles. The summed E-state index contributed by atoms with van der Waals surface area (Å²) in [5.74, 6) is 0. The van der Waals surface area contributed by atoms with Crippen molar-refractivity contribution in [1.82, 2.24) is 0 Å². The van der Waals surface area contributed by atoms with Gasteiger partial charge in [0.25, 0.3) is 0 Å². The van der Waals surface area contributed by atoms with Crippen LogP contribution >= 0.6 is 38.9 Å². The highest BCUT2D eigenvalue weighted by Gasteiger charge is 2.18. The lowest BCUT2D eigenvalue weighted by atomic mass is 10.0. The molecule has 0 spiro atoms. The summed E-state index contributed by atoms with van der Waals surface area (Å²) in [5.41, 5.74) is 3.77. The molecule has 0 bridgehead atoms. The topological polar surface area (TPSA) is 20.2 Å². The molecule has 1 atom stereocenters. The molecule has 18 heavy (non-hydrogen) atoms. The highest BCUT2D eigenvalue weighted by Crippen LogP contribution is 2.38. The average molecular weight is 344 g/mol. The van der Waals surface area contributed by atoms with Gasteiger partial charge in [-0.05, 0) is 57.9 Å². The van der Waals surface area contributed by atoms with Crippen molar-refractivity contribution in [1.29, 1.82) is 0 Å². The van der Waals surface area contributed by atoms with Crippen LogP contribution in [-0.2, 0) is 12.8 Å². The smallest absolute Gasteiger partial charge is 0.113 e. The number of halogens is 2. The Bertz CT molecular complexity index is 574. The number of hydrogen-bond donors (Lipinski definition) is 1. The van der Waals surface area contributed by atoms with Crippen LogP contribution in [0.2, 0.25) is 4.34 Å². The van der Waals surface area contributed by atoms with E-state index in [1.54, 1.807) is 0 Å². The maximum atomic E-state index is 10.4. The van der Waals surface area contributed by atoms with Gasteiger partial charge in [0.15, 0.2) is 0 Å². The van der Waals surface area contributed by atoms with Crippen molar-refractivity contribution in [2.24, 2.45) is 0 Å². The second kappa shape index (κ2) is 4.97. The third-order valence-corrected chi connectivity index (χ3v) is 5.90. The normalized spacial score (nSPS) is 15.7. The molecule has 1 unspecified atom stereocenters. The molecule has 0 radical (unpaired) electrons. The maximum absolute atomic E-state index is 10.4. The van der Waals surface area contributed by atoms with Crippen molar-refractivity contribution in [3.05, 3.63) is 54.6 Å². The summed E-state index contributed by atoms with van der Waals surface area (Å²) in [6.07, 6.45) is 2.95. The Morgan fingerprint density at radius 1 is 1.22 bits per heavy atom. The lowest BCUT2D eigenvalue weighted by Crippen LogP contribution is -1.98. The molecular formula is C14H12BrClOS. The SMILES string of the molecule is OC(c1ccc2c(c1)CCC2)c1cc(Br)c(Cl)s1. The number of aliphatic hydroxyl groups is 1. The predicted octanol–water partition coefficient (Wildman–Crippen LogP) is 4.73. The molecule has 94 valence electrons. The molecule has 1 N–H and O–H groups in total. The van der Waals surface area contributed by atoms with Crippen LogP contribution in [0.15, 0.2) is 28.7 Å². The summed E-state index contributed by atoms with van der Waals surface area (Å²) in [6, 6.07) is 8.20. The minimum atomic E-state index is -0.579. The number of thiophene rings is 1. The van der Waals surface area contributed by atoms with Crippen LogP contribution in [0.5, 0.6) is 0 Å². The molecule has 0 amide bonds. The summed E-state index contributed by atoms with van der Waals surface area (Å²) < 4.78 is 1.54. The molecule has 4 heteroatoms. The van der Waals surface area contributed by atoms with Crippen LogP contribution in [0.25, 0.3) is 0 Å². The quantitative estimate of drug-likeness (QED) is 0.835. The van der Waals surface area contributed by atoms with E-state index in [0.29, 0.717) is 4.34 Å². The van der Waals surface area contributed by atoms with Crippen LogP contribution in [-0.4, -0.2) is 5.11 Å². The van der Waals surface area contributed by atoms with Gasteiger partial charge in [0.1, 0.15) is 10.4 Å². The lowest BCUT2D eigenvalue weighted by molar-refractivity contribution is 0.224. The van der Waals surface area contributed by atoms with Crippen molar-refractivity contribution in [3.63, 3.8) is 0 Å². The van der Waals surface area contributed by atoms with E-state index in [9.17, 15) is 5.11 Å². The first-order valence-corrected chi connectivity index (χ1v) is 7.88. The first kappa shape index (κ1) is 12.7. The Morgan fingerprint density at radius 2 is 2.00 bits per heavy atom. The summed E-state index contributed by atoms with van der Waals surface area (Å²) in [5, 5.41) is 10.4. The van der Waals surface area contributed by atoms with E-state index < -0.39 is 6.10 Å². The molecule has 2 aromatic rings. The van der Waals surface area contributed by atoms with Gasteiger partial charge >= 0.3 is 0 Å². The minimum Gasteiger partial charge on any atom is -0.383 e. The molecule has 0 fully saturated rings. The number of aliphatic hydroxyl groups excluding tert-OH is 1.